The third kappa shape index (κ3) is 3.73. The highest BCUT2D eigenvalue weighted by atomic mass is 35.5. The molecule has 20 heavy (non-hydrogen) atoms. The summed E-state index contributed by atoms with van der Waals surface area (Å²) in [5.41, 5.74) is 1.50. The lowest BCUT2D eigenvalue weighted by molar-refractivity contribution is 0.0930. The molecule has 1 amide bonds. The van der Waals surface area contributed by atoms with E-state index in [9.17, 15) is 4.79 Å². The first-order valence-electron chi connectivity index (χ1n) is 6.96. The second kappa shape index (κ2) is 6.59. The fourth-order valence-electron chi connectivity index (χ4n) is 2.55. The molecule has 1 aromatic heterocycles. The topological polar surface area (TPSA) is 59.0 Å². The first-order chi connectivity index (χ1) is 8.89. The molecule has 1 saturated heterocycles. The first-order valence-corrected chi connectivity index (χ1v) is 6.96. The Labute approximate surface area is 126 Å². The van der Waals surface area contributed by atoms with E-state index < -0.39 is 0 Å². The van der Waals surface area contributed by atoms with Gasteiger partial charge < -0.3 is 10.6 Å². The minimum absolute atomic E-state index is 0. The van der Waals surface area contributed by atoms with Crippen LogP contribution in [0, 0.1) is 6.92 Å². The maximum Gasteiger partial charge on any atom is 0.255 e. The van der Waals surface area contributed by atoms with Gasteiger partial charge in [0.05, 0.1) is 17.3 Å². The summed E-state index contributed by atoms with van der Waals surface area (Å²) in [6, 6.07) is 0.235. The van der Waals surface area contributed by atoms with Gasteiger partial charge in [-0.25, -0.2) is 0 Å². The van der Waals surface area contributed by atoms with Crippen molar-refractivity contribution in [2.24, 2.45) is 0 Å². The van der Waals surface area contributed by atoms with Gasteiger partial charge in [-0.15, -0.1) is 12.4 Å². The van der Waals surface area contributed by atoms with Gasteiger partial charge in [0.25, 0.3) is 5.91 Å². The predicted octanol–water partition coefficient (Wildman–Crippen LogP) is 1.85. The molecule has 2 rings (SSSR count). The number of carbonyl (C=O) groups excluding carboxylic acids is 1. The number of amides is 1. The molecule has 114 valence electrons. The average molecular weight is 301 g/mol. The molecule has 1 aromatic rings. The average Bonchev–Trinajstić information content (AvgIpc) is 2.72. The number of nitrogens with zero attached hydrogens (tertiary/aromatic N) is 2. The Balaban J connectivity index is 0.00000200. The molecule has 0 aliphatic carbocycles. The van der Waals surface area contributed by atoms with Gasteiger partial charge in [-0.2, -0.15) is 5.10 Å². The van der Waals surface area contributed by atoms with Gasteiger partial charge in [0.2, 0.25) is 0 Å². The number of nitrogens with one attached hydrogen (secondary N) is 2. The zero-order valence-corrected chi connectivity index (χ0v) is 13.5. The molecule has 1 atom stereocenters. The fraction of sp³-hybridized carbons (Fsp3) is 0.714. The smallest absolute Gasteiger partial charge is 0.255 e. The minimum Gasteiger partial charge on any atom is -0.348 e. The van der Waals surface area contributed by atoms with Crippen molar-refractivity contribution in [3.63, 3.8) is 0 Å². The van der Waals surface area contributed by atoms with Crippen molar-refractivity contribution in [1.29, 1.82) is 0 Å². The molecule has 0 bridgehead atoms. The number of hydrogen-bond donors (Lipinski definition) is 2. The Bertz CT molecular complexity index is 458. The summed E-state index contributed by atoms with van der Waals surface area (Å²) < 4.78 is 1.90. The standard InChI is InChI=1S/C14H24N4O.ClH/c1-10-12(9-16-18(10)14(2,3)4)13(19)17-11-6-5-7-15-8-11;/h9,11,15H,5-8H2,1-4H3,(H,17,19);1H. The fourth-order valence-corrected chi connectivity index (χ4v) is 2.55. The minimum atomic E-state index is -0.102. The second-order valence-corrected chi connectivity index (χ2v) is 6.24. The molecular weight excluding hydrogens is 276 g/mol. The Morgan fingerprint density at radius 2 is 2.20 bits per heavy atom. The van der Waals surface area contributed by atoms with Crippen molar-refractivity contribution >= 4 is 18.3 Å². The second-order valence-electron chi connectivity index (χ2n) is 6.24. The van der Waals surface area contributed by atoms with Crippen molar-refractivity contribution in [2.45, 2.75) is 52.1 Å². The van der Waals surface area contributed by atoms with Crippen LogP contribution in [0.3, 0.4) is 0 Å². The van der Waals surface area contributed by atoms with E-state index in [4.69, 9.17) is 0 Å². The van der Waals surface area contributed by atoms with Crippen LogP contribution >= 0.6 is 12.4 Å². The summed E-state index contributed by atoms with van der Waals surface area (Å²) in [5.74, 6) is -0.0123. The highest BCUT2D eigenvalue weighted by Gasteiger charge is 2.23. The summed E-state index contributed by atoms with van der Waals surface area (Å²) in [6.07, 6.45) is 3.84. The summed E-state index contributed by atoms with van der Waals surface area (Å²) in [7, 11) is 0. The molecule has 2 N–H and O–H groups in total. The van der Waals surface area contributed by atoms with Gasteiger partial charge in [0.1, 0.15) is 0 Å². The van der Waals surface area contributed by atoms with Crippen molar-refractivity contribution in [1.82, 2.24) is 20.4 Å². The number of halogens is 1. The van der Waals surface area contributed by atoms with Crippen LogP contribution in [0.2, 0.25) is 0 Å². The Hall–Kier alpha value is -1.07. The van der Waals surface area contributed by atoms with Gasteiger partial charge in [-0.1, -0.05) is 0 Å². The molecule has 2 heterocycles. The summed E-state index contributed by atoms with van der Waals surface area (Å²) in [5, 5.41) is 10.7. The van der Waals surface area contributed by atoms with E-state index in [1.807, 2.05) is 11.6 Å². The Morgan fingerprint density at radius 3 is 2.70 bits per heavy atom. The summed E-state index contributed by atoms with van der Waals surface area (Å²) in [4.78, 5) is 12.3. The van der Waals surface area contributed by atoms with E-state index in [0.29, 0.717) is 5.56 Å². The zero-order chi connectivity index (χ0) is 14.0. The monoisotopic (exact) mass is 300 g/mol. The number of piperidine rings is 1. The van der Waals surface area contributed by atoms with E-state index in [2.05, 4.69) is 36.5 Å². The molecule has 1 aliphatic rings. The van der Waals surface area contributed by atoms with Crippen molar-refractivity contribution in [3.05, 3.63) is 17.5 Å². The number of rotatable bonds is 2. The molecule has 6 heteroatoms. The molecule has 1 fully saturated rings. The predicted molar refractivity (Wildman–Crippen MR) is 82.6 cm³/mol. The van der Waals surface area contributed by atoms with Crippen molar-refractivity contribution in [2.75, 3.05) is 13.1 Å². The number of carbonyl (C=O) groups is 1. The van der Waals surface area contributed by atoms with Crippen LogP contribution in [-0.4, -0.2) is 34.8 Å². The molecule has 0 radical (unpaired) electrons. The molecule has 0 saturated carbocycles. The van der Waals surface area contributed by atoms with Crippen LogP contribution in [0.4, 0.5) is 0 Å². The maximum absolute atomic E-state index is 12.3. The molecule has 5 nitrogen and oxygen atoms in total. The molecule has 1 aliphatic heterocycles. The molecule has 0 aromatic carbocycles. The van der Waals surface area contributed by atoms with Gasteiger partial charge in [0.15, 0.2) is 0 Å². The molecule has 0 spiro atoms. The van der Waals surface area contributed by atoms with E-state index in [0.717, 1.165) is 31.6 Å². The quantitative estimate of drug-likeness (QED) is 0.876. The lowest BCUT2D eigenvalue weighted by Crippen LogP contribution is -2.45. The SMILES string of the molecule is Cc1c(C(=O)NC2CCCNC2)cnn1C(C)(C)C.Cl. The van der Waals surface area contributed by atoms with Gasteiger partial charge in [-0.3, -0.25) is 9.48 Å². The van der Waals surface area contributed by atoms with Crippen molar-refractivity contribution < 1.29 is 4.79 Å². The van der Waals surface area contributed by atoms with E-state index in [1.54, 1.807) is 6.20 Å². The summed E-state index contributed by atoms with van der Waals surface area (Å²) in [6.45, 7) is 10.1. The van der Waals surface area contributed by atoms with Gasteiger partial charge >= 0.3 is 0 Å². The van der Waals surface area contributed by atoms with Crippen LogP contribution in [-0.2, 0) is 5.54 Å². The van der Waals surface area contributed by atoms with Crippen LogP contribution in [0.15, 0.2) is 6.20 Å². The van der Waals surface area contributed by atoms with Gasteiger partial charge in [-0.05, 0) is 47.1 Å². The highest BCUT2D eigenvalue weighted by molar-refractivity contribution is 5.95. The van der Waals surface area contributed by atoms with Gasteiger partial charge in [0, 0.05) is 18.3 Å². The van der Waals surface area contributed by atoms with Crippen LogP contribution in [0.25, 0.3) is 0 Å². The lowest BCUT2D eigenvalue weighted by Gasteiger charge is -2.24. The molecule has 1 unspecified atom stereocenters. The lowest BCUT2D eigenvalue weighted by atomic mass is 10.1. The Morgan fingerprint density at radius 1 is 1.50 bits per heavy atom. The van der Waals surface area contributed by atoms with E-state index in [-0.39, 0.29) is 29.9 Å². The van der Waals surface area contributed by atoms with E-state index >= 15 is 0 Å². The third-order valence-corrected chi connectivity index (χ3v) is 3.52. The van der Waals surface area contributed by atoms with Crippen molar-refractivity contribution in [3.8, 4) is 0 Å². The van der Waals surface area contributed by atoms with Crippen LogP contribution in [0.1, 0.15) is 49.7 Å². The third-order valence-electron chi connectivity index (χ3n) is 3.52. The van der Waals surface area contributed by atoms with E-state index in [1.165, 1.54) is 0 Å². The number of aromatic nitrogens is 2. The maximum atomic E-state index is 12.3. The highest BCUT2D eigenvalue weighted by Crippen LogP contribution is 2.18. The normalized spacial score (nSPS) is 19.3. The molecular formula is C14H25ClN4O. The first kappa shape index (κ1) is 17.0. The van der Waals surface area contributed by atoms with Crippen LogP contribution in [0.5, 0.6) is 0 Å². The summed E-state index contributed by atoms with van der Waals surface area (Å²) >= 11 is 0. The number of hydrogen-bond acceptors (Lipinski definition) is 3. The Kier molecular flexibility index (Phi) is 5.59. The zero-order valence-electron chi connectivity index (χ0n) is 12.7. The largest absolute Gasteiger partial charge is 0.348 e. The van der Waals surface area contributed by atoms with Crippen LogP contribution < -0.4 is 10.6 Å².